The zero-order valence-corrected chi connectivity index (χ0v) is 13.7. The molecule has 1 saturated carbocycles. The SMILES string of the molecule is Cc1ccc([N+](=O)[O-])cc1C(=O)NC1CCCCCCC1C(=O)O. The number of hydrogen-bond donors (Lipinski definition) is 2. The molecule has 1 aliphatic rings. The van der Waals surface area contributed by atoms with E-state index >= 15 is 0 Å². The zero-order valence-electron chi connectivity index (χ0n) is 13.7. The Hall–Kier alpha value is -2.44. The van der Waals surface area contributed by atoms with Gasteiger partial charge in [-0.05, 0) is 25.3 Å². The molecule has 130 valence electrons. The first kappa shape index (κ1) is 17.9. The molecule has 2 atom stereocenters. The molecule has 1 amide bonds. The number of amides is 1. The van der Waals surface area contributed by atoms with Crippen molar-refractivity contribution in [2.75, 3.05) is 0 Å². The van der Waals surface area contributed by atoms with Gasteiger partial charge in [-0.1, -0.05) is 31.7 Å². The Morgan fingerprint density at radius 3 is 2.50 bits per heavy atom. The molecular formula is C17H22N2O5. The highest BCUT2D eigenvalue weighted by atomic mass is 16.6. The summed E-state index contributed by atoms with van der Waals surface area (Å²) in [5, 5.41) is 23.1. The standard InChI is InChI=1S/C17H22N2O5/c1-11-8-9-12(19(23)24)10-14(11)16(20)18-15-7-5-3-2-4-6-13(15)17(21)22/h8-10,13,15H,2-7H2,1H3,(H,18,20)(H,21,22). The molecule has 7 nitrogen and oxygen atoms in total. The second-order valence-electron chi connectivity index (χ2n) is 6.27. The summed E-state index contributed by atoms with van der Waals surface area (Å²) in [5.74, 6) is -1.97. The molecule has 1 aliphatic carbocycles. The summed E-state index contributed by atoms with van der Waals surface area (Å²) in [5.41, 5.74) is 0.685. The summed E-state index contributed by atoms with van der Waals surface area (Å²) in [6.45, 7) is 1.70. The Labute approximate surface area is 140 Å². The molecule has 0 bridgehead atoms. The fourth-order valence-corrected chi connectivity index (χ4v) is 3.17. The van der Waals surface area contributed by atoms with Gasteiger partial charge in [-0.15, -0.1) is 0 Å². The van der Waals surface area contributed by atoms with Crippen molar-refractivity contribution in [1.29, 1.82) is 0 Å². The number of carboxylic acids is 1. The Kier molecular flexibility index (Phi) is 5.89. The van der Waals surface area contributed by atoms with E-state index in [9.17, 15) is 24.8 Å². The molecule has 0 radical (unpaired) electrons. The van der Waals surface area contributed by atoms with Crippen LogP contribution in [0.2, 0.25) is 0 Å². The van der Waals surface area contributed by atoms with Gasteiger partial charge in [-0.25, -0.2) is 0 Å². The van der Waals surface area contributed by atoms with Crippen LogP contribution in [-0.2, 0) is 4.79 Å². The maximum atomic E-state index is 12.5. The number of nitrogens with zero attached hydrogens (tertiary/aromatic N) is 1. The van der Waals surface area contributed by atoms with E-state index in [1.807, 2.05) is 0 Å². The van der Waals surface area contributed by atoms with Crippen molar-refractivity contribution in [1.82, 2.24) is 5.32 Å². The van der Waals surface area contributed by atoms with Gasteiger partial charge >= 0.3 is 5.97 Å². The van der Waals surface area contributed by atoms with Crippen LogP contribution in [0.4, 0.5) is 5.69 Å². The van der Waals surface area contributed by atoms with Crippen LogP contribution >= 0.6 is 0 Å². The second kappa shape index (κ2) is 7.90. The lowest BCUT2D eigenvalue weighted by Crippen LogP contribution is -2.44. The van der Waals surface area contributed by atoms with E-state index in [0.717, 1.165) is 25.7 Å². The molecule has 2 rings (SSSR count). The number of carboxylic acid groups (broad SMARTS) is 1. The molecule has 0 spiro atoms. The second-order valence-corrected chi connectivity index (χ2v) is 6.27. The first-order valence-electron chi connectivity index (χ1n) is 8.19. The first-order valence-corrected chi connectivity index (χ1v) is 8.19. The lowest BCUT2D eigenvalue weighted by Gasteiger charge is -2.27. The third kappa shape index (κ3) is 4.31. The topological polar surface area (TPSA) is 110 Å². The summed E-state index contributed by atoms with van der Waals surface area (Å²) in [4.78, 5) is 34.4. The quantitative estimate of drug-likeness (QED) is 0.649. The van der Waals surface area contributed by atoms with Crippen LogP contribution in [0.15, 0.2) is 18.2 Å². The Morgan fingerprint density at radius 2 is 1.88 bits per heavy atom. The van der Waals surface area contributed by atoms with Gasteiger partial charge in [0.1, 0.15) is 0 Å². The summed E-state index contributed by atoms with van der Waals surface area (Å²) >= 11 is 0. The number of nitrogens with one attached hydrogen (secondary N) is 1. The molecule has 1 fully saturated rings. The van der Waals surface area contributed by atoms with Gasteiger partial charge in [-0.2, -0.15) is 0 Å². The van der Waals surface area contributed by atoms with Crippen LogP contribution in [-0.4, -0.2) is 27.9 Å². The predicted molar refractivity (Wildman–Crippen MR) is 87.9 cm³/mol. The van der Waals surface area contributed by atoms with E-state index in [0.29, 0.717) is 18.4 Å². The average molecular weight is 334 g/mol. The van der Waals surface area contributed by atoms with Crippen molar-refractivity contribution in [3.63, 3.8) is 0 Å². The number of nitro groups is 1. The third-order valence-corrected chi connectivity index (χ3v) is 4.58. The van der Waals surface area contributed by atoms with Crippen LogP contribution in [0.5, 0.6) is 0 Å². The molecule has 0 heterocycles. The van der Waals surface area contributed by atoms with Crippen LogP contribution < -0.4 is 5.32 Å². The van der Waals surface area contributed by atoms with E-state index in [-0.39, 0.29) is 11.3 Å². The van der Waals surface area contributed by atoms with Gasteiger partial charge < -0.3 is 10.4 Å². The Bertz CT molecular complexity index is 644. The molecule has 24 heavy (non-hydrogen) atoms. The molecule has 0 aromatic heterocycles. The molecule has 1 aromatic rings. The summed E-state index contributed by atoms with van der Waals surface area (Å²) in [6, 6.07) is 3.67. The van der Waals surface area contributed by atoms with E-state index < -0.39 is 28.8 Å². The average Bonchev–Trinajstić information content (AvgIpc) is 2.49. The fourth-order valence-electron chi connectivity index (χ4n) is 3.17. The van der Waals surface area contributed by atoms with Crippen LogP contribution in [0.25, 0.3) is 0 Å². The van der Waals surface area contributed by atoms with Crippen molar-refractivity contribution in [3.05, 3.63) is 39.4 Å². The Morgan fingerprint density at radius 1 is 1.21 bits per heavy atom. The molecule has 0 aliphatic heterocycles. The largest absolute Gasteiger partial charge is 0.481 e. The monoisotopic (exact) mass is 334 g/mol. The lowest BCUT2D eigenvalue weighted by molar-refractivity contribution is -0.384. The minimum Gasteiger partial charge on any atom is -0.481 e. The van der Waals surface area contributed by atoms with Crippen molar-refractivity contribution < 1.29 is 19.6 Å². The number of non-ortho nitro benzene ring substituents is 1. The van der Waals surface area contributed by atoms with Crippen molar-refractivity contribution in [2.24, 2.45) is 5.92 Å². The summed E-state index contributed by atoms with van der Waals surface area (Å²) in [7, 11) is 0. The van der Waals surface area contributed by atoms with E-state index in [1.54, 1.807) is 6.92 Å². The number of aliphatic carboxylic acids is 1. The van der Waals surface area contributed by atoms with Gasteiger partial charge in [0, 0.05) is 23.7 Å². The molecule has 1 aromatic carbocycles. The van der Waals surface area contributed by atoms with Crippen molar-refractivity contribution >= 4 is 17.6 Å². The van der Waals surface area contributed by atoms with Crippen molar-refractivity contribution in [2.45, 2.75) is 51.5 Å². The van der Waals surface area contributed by atoms with E-state index in [1.165, 1.54) is 18.2 Å². The van der Waals surface area contributed by atoms with E-state index in [4.69, 9.17) is 0 Å². The van der Waals surface area contributed by atoms with Gasteiger partial charge in [0.2, 0.25) is 0 Å². The van der Waals surface area contributed by atoms with Gasteiger partial charge in [-0.3, -0.25) is 19.7 Å². The molecule has 2 N–H and O–H groups in total. The number of rotatable bonds is 4. The number of nitro benzene ring substituents is 1. The first-order chi connectivity index (χ1) is 11.4. The van der Waals surface area contributed by atoms with Gasteiger partial charge in [0.15, 0.2) is 0 Å². The number of carbonyl (C=O) groups is 2. The van der Waals surface area contributed by atoms with Crippen molar-refractivity contribution in [3.8, 4) is 0 Å². The Balaban J connectivity index is 2.21. The number of aryl methyl sites for hydroxylation is 1. The molecule has 7 heteroatoms. The molecule has 2 unspecified atom stereocenters. The van der Waals surface area contributed by atoms with Crippen LogP contribution in [0.3, 0.4) is 0 Å². The molecule has 0 saturated heterocycles. The maximum absolute atomic E-state index is 12.5. The normalized spacial score (nSPS) is 21.4. The fraction of sp³-hybridized carbons (Fsp3) is 0.529. The highest BCUT2D eigenvalue weighted by molar-refractivity contribution is 5.96. The van der Waals surface area contributed by atoms with Crippen LogP contribution in [0.1, 0.15) is 54.4 Å². The smallest absolute Gasteiger partial charge is 0.308 e. The summed E-state index contributed by atoms with van der Waals surface area (Å²) < 4.78 is 0. The summed E-state index contributed by atoms with van der Waals surface area (Å²) in [6.07, 6.45) is 4.87. The lowest BCUT2D eigenvalue weighted by atomic mass is 9.86. The number of hydrogen-bond acceptors (Lipinski definition) is 4. The van der Waals surface area contributed by atoms with Crippen LogP contribution in [0, 0.1) is 23.0 Å². The minimum absolute atomic E-state index is 0.154. The highest BCUT2D eigenvalue weighted by Gasteiger charge is 2.30. The van der Waals surface area contributed by atoms with Gasteiger partial charge in [0.05, 0.1) is 10.8 Å². The zero-order chi connectivity index (χ0) is 17.7. The number of carbonyl (C=O) groups excluding carboxylic acids is 1. The van der Waals surface area contributed by atoms with E-state index in [2.05, 4.69) is 5.32 Å². The third-order valence-electron chi connectivity index (χ3n) is 4.58. The predicted octanol–water partition coefficient (Wildman–Crippen LogP) is 3.06. The minimum atomic E-state index is -0.905. The maximum Gasteiger partial charge on any atom is 0.308 e. The molecular weight excluding hydrogens is 312 g/mol. The highest BCUT2D eigenvalue weighted by Crippen LogP contribution is 2.24. The number of benzene rings is 1. The van der Waals surface area contributed by atoms with Gasteiger partial charge in [0.25, 0.3) is 11.6 Å².